The maximum Gasteiger partial charge on any atom is 0.134 e. The number of halogens is 2. The van der Waals surface area contributed by atoms with Crippen LogP contribution in [0.3, 0.4) is 0 Å². The van der Waals surface area contributed by atoms with Gasteiger partial charge >= 0.3 is 0 Å². The van der Waals surface area contributed by atoms with E-state index < -0.39 is 0 Å². The van der Waals surface area contributed by atoms with E-state index in [2.05, 4.69) is 15.9 Å². The molecule has 0 bridgehead atoms. The lowest BCUT2D eigenvalue weighted by Crippen LogP contribution is -2.25. The number of carbonyl (C=O) groups excluding carboxylic acids is 1. The third-order valence-electron chi connectivity index (χ3n) is 1.51. The molecule has 1 fully saturated rings. The van der Waals surface area contributed by atoms with Crippen molar-refractivity contribution < 1.29 is 4.79 Å². The molecule has 52 valence electrons. The zero-order valence-corrected chi connectivity index (χ0v) is 7.28. The van der Waals surface area contributed by atoms with E-state index in [1.807, 2.05) is 0 Å². The van der Waals surface area contributed by atoms with Gasteiger partial charge in [0, 0.05) is 23.0 Å². The van der Waals surface area contributed by atoms with Crippen LogP contribution in [0.25, 0.3) is 0 Å². The number of rotatable bonds is 0. The minimum absolute atomic E-state index is 0.155. The second-order valence-electron chi connectivity index (χ2n) is 2.31. The lowest BCUT2D eigenvalue weighted by Gasteiger charge is -2.20. The van der Waals surface area contributed by atoms with Crippen LogP contribution in [0.1, 0.15) is 19.3 Å². The van der Waals surface area contributed by atoms with Crippen molar-refractivity contribution >= 4 is 33.3 Å². The molecule has 0 heterocycles. The summed E-state index contributed by atoms with van der Waals surface area (Å²) in [5.41, 5.74) is 0. The van der Waals surface area contributed by atoms with Crippen molar-refractivity contribution in [2.24, 2.45) is 0 Å². The molecule has 0 amide bonds. The molecule has 0 saturated heterocycles. The summed E-state index contributed by atoms with van der Waals surface area (Å²) >= 11 is 9.17. The van der Waals surface area contributed by atoms with Gasteiger partial charge in [-0.05, 0) is 6.42 Å². The molecule has 9 heavy (non-hydrogen) atoms. The Balaban J connectivity index is 2.44. The summed E-state index contributed by atoms with van der Waals surface area (Å²) in [6.07, 6.45) is 2.10. The highest BCUT2D eigenvalue weighted by molar-refractivity contribution is 9.09. The first kappa shape index (κ1) is 7.55. The van der Waals surface area contributed by atoms with Gasteiger partial charge < -0.3 is 0 Å². The van der Waals surface area contributed by atoms with Crippen LogP contribution in [0.2, 0.25) is 0 Å². The third kappa shape index (κ3) is 1.94. The molecule has 0 aromatic carbocycles. The van der Waals surface area contributed by atoms with E-state index in [0.29, 0.717) is 18.6 Å². The molecule has 1 aliphatic rings. The first-order chi connectivity index (χ1) is 4.20. The minimum Gasteiger partial charge on any atom is -0.300 e. The molecule has 0 aromatic heterocycles. The summed E-state index contributed by atoms with van der Waals surface area (Å²) in [5, 5.41) is 0.155. The Hall–Kier alpha value is 0.440. The van der Waals surface area contributed by atoms with Crippen LogP contribution in [0.15, 0.2) is 0 Å². The molecule has 0 spiro atoms. The van der Waals surface area contributed by atoms with Crippen LogP contribution in [0.5, 0.6) is 0 Å². The fourth-order valence-corrected chi connectivity index (χ4v) is 1.75. The molecular formula is C6H8BrClO. The van der Waals surface area contributed by atoms with Crippen LogP contribution in [-0.4, -0.2) is 16.0 Å². The summed E-state index contributed by atoms with van der Waals surface area (Å²) in [7, 11) is 0. The van der Waals surface area contributed by atoms with Gasteiger partial charge in [-0.15, -0.1) is 11.6 Å². The maximum absolute atomic E-state index is 10.7. The molecule has 0 radical (unpaired) electrons. The highest BCUT2D eigenvalue weighted by Gasteiger charge is 2.24. The Morgan fingerprint density at radius 1 is 1.67 bits per heavy atom. The van der Waals surface area contributed by atoms with E-state index in [9.17, 15) is 4.79 Å². The van der Waals surface area contributed by atoms with Gasteiger partial charge in [0.05, 0.1) is 0 Å². The molecular weight excluding hydrogens is 203 g/mol. The number of alkyl halides is 2. The van der Waals surface area contributed by atoms with Crippen molar-refractivity contribution in [1.29, 1.82) is 0 Å². The second-order valence-corrected chi connectivity index (χ2v) is 4.05. The largest absolute Gasteiger partial charge is 0.300 e. The summed E-state index contributed by atoms with van der Waals surface area (Å²) < 4.78 is 0. The Kier molecular flexibility index (Phi) is 2.53. The fourth-order valence-electron chi connectivity index (χ4n) is 0.927. The quantitative estimate of drug-likeness (QED) is 0.561. The normalized spacial score (nSPS) is 36.9. The Labute approximate surface area is 67.9 Å². The first-order valence-corrected chi connectivity index (χ1v) is 4.35. The van der Waals surface area contributed by atoms with E-state index in [-0.39, 0.29) is 10.2 Å². The van der Waals surface area contributed by atoms with Crippen molar-refractivity contribution in [1.82, 2.24) is 0 Å². The maximum atomic E-state index is 10.7. The molecule has 0 aliphatic heterocycles. The minimum atomic E-state index is 0.155. The predicted molar refractivity (Wildman–Crippen MR) is 41.2 cm³/mol. The van der Waals surface area contributed by atoms with Crippen molar-refractivity contribution in [3.63, 3.8) is 0 Å². The number of hydrogen-bond donors (Lipinski definition) is 0. The smallest absolute Gasteiger partial charge is 0.134 e. The van der Waals surface area contributed by atoms with Gasteiger partial charge in [-0.2, -0.15) is 0 Å². The number of carbonyl (C=O) groups is 1. The topological polar surface area (TPSA) is 17.1 Å². The van der Waals surface area contributed by atoms with Gasteiger partial charge in [0.2, 0.25) is 0 Å². The average molecular weight is 211 g/mol. The van der Waals surface area contributed by atoms with Gasteiger partial charge in [0.15, 0.2) is 0 Å². The Bertz CT molecular complexity index is 126. The summed E-state index contributed by atoms with van der Waals surface area (Å²) in [4.78, 5) is 10.9. The van der Waals surface area contributed by atoms with E-state index >= 15 is 0 Å². The molecule has 1 saturated carbocycles. The standard InChI is InChI=1S/C6H8BrClO/c7-5-3-4(9)1-2-6(5)8/h5-6H,1-3H2/t5-,6+/m1/s1. The zero-order chi connectivity index (χ0) is 6.85. The van der Waals surface area contributed by atoms with E-state index in [1.54, 1.807) is 0 Å². The van der Waals surface area contributed by atoms with E-state index in [4.69, 9.17) is 11.6 Å². The zero-order valence-electron chi connectivity index (χ0n) is 4.94. The van der Waals surface area contributed by atoms with Gasteiger partial charge in [-0.3, -0.25) is 4.79 Å². The van der Waals surface area contributed by atoms with Crippen molar-refractivity contribution in [3.8, 4) is 0 Å². The molecule has 1 rings (SSSR count). The number of ketones is 1. The molecule has 1 nitrogen and oxygen atoms in total. The van der Waals surface area contributed by atoms with Crippen LogP contribution in [0, 0.1) is 0 Å². The van der Waals surface area contributed by atoms with Crippen LogP contribution >= 0.6 is 27.5 Å². The van der Waals surface area contributed by atoms with Gasteiger partial charge in [-0.1, -0.05) is 15.9 Å². The Morgan fingerprint density at radius 3 is 2.78 bits per heavy atom. The lowest BCUT2D eigenvalue weighted by atomic mass is 9.99. The van der Waals surface area contributed by atoms with Crippen LogP contribution in [0.4, 0.5) is 0 Å². The van der Waals surface area contributed by atoms with Crippen LogP contribution in [-0.2, 0) is 4.79 Å². The van der Waals surface area contributed by atoms with Gasteiger partial charge in [0.25, 0.3) is 0 Å². The van der Waals surface area contributed by atoms with E-state index in [0.717, 1.165) is 6.42 Å². The van der Waals surface area contributed by atoms with Gasteiger partial charge in [0.1, 0.15) is 5.78 Å². The second kappa shape index (κ2) is 3.02. The average Bonchev–Trinajstić information content (AvgIpc) is 1.80. The molecule has 0 aromatic rings. The summed E-state index contributed by atoms with van der Waals surface area (Å²) in [6.45, 7) is 0. The SMILES string of the molecule is O=C1CC[C@H](Cl)[C@H](Br)C1. The van der Waals surface area contributed by atoms with Crippen molar-refractivity contribution in [3.05, 3.63) is 0 Å². The highest BCUT2D eigenvalue weighted by atomic mass is 79.9. The molecule has 3 heteroatoms. The summed E-state index contributed by atoms with van der Waals surface area (Å²) in [5.74, 6) is 0.328. The van der Waals surface area contributed by atoms with Crippen LogP contribution < -0.4 is 0 Å². The summed E-state index contributed by atoms with van der Waals surface area (Å²) in [6, 6.07) is 0. The highest BCUT2D eigenvalue weighted by Crippen LogP contribution is 2.26. The predicted octanol–water partition coefficient (Wildman–Crippen LogP) is 2.11. The van der Waals surface area contributed by atoms with Gasteiger partial charge in [-0.25, -0.2) is 0 Å². The molecule has 0 N–H and O–H groups in total. The monoisotopic (exact) mass is 210 g/mol. The fraction of sp³-hybridized carbons (Fsp3) is 0.833. The van der Waals surface area contributed by atoms with Crippen molar-refractivity contribution in [2.75, 3.05) is 0 Å². The van der Waals surface area contributed by atoms with E-state index in [1.165, 1.54) is 0 Å². The first-order valence-electron chi connectivity index (χ1n) is 3.00. The molecule has 0 unspecified atom stereocenters. The third-order valence-corrected chi connectivity index (χ3v) is 3.30. The number of Topliss-reactive ketones (excluding diaryl/α,β-unsaturated/α-hetero) is 1. The molecule has 2 atom stereocenters. The Morgan fingerprint density at radius 2 is 2.33 bits per heavy atom. The van der Waals surface area contributed by atoms with Crippen molar-refractivity contribution in [2.45, 2.75) is 29.5 Å². The number of hydrogen-bond acceptors (Lipinski definition) is 1. The molecule has 1 aliphatic carbocycles. The lowest BCUT2D eigenvalue weighted by molar-refractivity contribution is -0.119.